The molecule has 8 heteroatoms. The predicted octanol–water partition coefficient (Wildman–Crippen LogP) is 0.367. The molecule has 2 aromatic rings. The minimum absolute atomic E-state index is 0.00195. The maximum atomic E-state index is 12.1. The first-order valence-corrected chi connectivity index (χ1v) is 7.21. The molecule has 102 valence electrons. The molecule has 0 saturated heterocycles. The molecule has 3 N–H and O–H groups in total. The highest BCUT2D eigenvalue weighted by molar-refractivity contribution is 7.89. The molecule has 0 bridgehead atoms. The molecule has 0 fully saturated rings. The van der Waals surface area contributed by atoms with Gasteiger partial charge >= 0.3 is 0 Å². The van der Waals surface area contributed by atoms with Crippen molar-refractivity contribution < 1.29 is 8.42 Å². The van der Waals surface area contributed by atoms with Crippen molar-refractivity contribution in [3.05, 3.63) is 36.5 Å². The lowest BCUT2D eigenvalue weighted by Gasteiger charge is -2.09. The standard InChI is InChI=1S/C11H15N5O2S/c1-12-10-3-2-5-14-11(10)19(17,18)16-6-4-9-7-13-8-15-9/h2-3,5,7-8,12,16H,4,6H2,1H3,(H,13,15). The van der Waals surface area contributed by atoms with Gasteiger partial charge in [-0.25, -0.2) is 23.1 Å². The Kier molecular flexibility index (Phi) is 4.13. The average Bonchev–Trinajstić information content (AvgIpc) is 2.91. The van der Waals surface area contributed by atoms with Crippen LogP contribution in [0.2, 0.25) is 0 Å². The van der Waals surface area contributed by atoms with Crippen molar-refractivity contribution in [2.24, 2.45) is 0 Å². The number of anilines is 1. The van der Waals surface area contributed by atoms with Gasteiger partial charge in [0.05, 0.1) is 12.0 Å². The molecule has 0 atom stereocenters. The molecule has 2 heterocycles. The lowest BCUT2D eigenvalue weighted by molar-refractivity contribution is 0.578. The first-order chi connectivity index (χ1) is 9.13. The van der Waals surface area contributed by atoms with Gasteiger partial charge in [-0.3, -0.25) is 0 Å². The van der Waals surface area contributed by atoms with Crippen LogP contribution in [0.25, 0.3) is 0 Å². The van der Waals surface area contributed by atoms with E-state index in [-0.39, 0.29) is 11.6 Å². The number of H-pyrrole nitrogens is 1. The highest BCUT2D eigenvalue weighted by Gasteiger charge is 2.18. The molecule has 0 radical (unpaired) electrons. The van der Waals surface area contributed by atoms with Crippen LogP contribution in [0.4, 0.5) is 5.69 Å². The van der Waals surface area contributed by atoms with Gasteiger partial charge in [-0.15, -0.1) is 0 Å². The van der Waals surface area contributed by atoms with Crippen LogP contribution in [-0.4, -0.2) is 37.0 Å². The summed E-state index contributed by atoms with van der Waals surface area (Å²) in [5, 5.41) is 2.81. The number of rotatable bonds is 6. The Morgan fingerprint density at radius 2 is 2.26 bits per heavy atom. The second-order valence-electron chi connectivity index (χ2n) is 3.83. The fraction of sp³-hybridized carbons (Fsp3) is 0.273. The van der Waals surface area contributed by atoms with E-state index in [0.29, 0.717) is 12.1 Å². The Hall–Kier alpha value is -1.93. The second kappa shape index (κ2) is 5.81. The minimum atomic E-state index is -3.61. The van der Waals surface area contributed by atoms with E-state index < -0.39 is 10.0 Å². The van der Waals surface area contributed by atoms with Crippen LogP contribution >= 0.6 is 0 Å². The van der Waals surface area contributed by atoms with E-state index in [1.807, 2.05) is 0 Å². The summed E-state index contributed by atoms with van der Waals surface area (Å²) in [5.74, 6) is 0. The molecule has 19 heavy (non-hydrogen) atoms. The fourth-order valence-corrected chi connectivity index (χ4v) is 2.77. The van der Waals surface area contributed by atoms with Crippen LogP contribution in [-0.2, 0) is 16.4 Å². The van der Waals surface area contributed by atoms with Crippen LogP contribution in [0.1, 0.15) is 5.69 Å². The molecule has 7 nitrogen and oxygen atoms in total. The summed E-state index contributed by atoms with van der Waals surface area (Å²) in [4.78, 5) is 10.7. The Morgan fingerprint density at radius 3 is 2.95 bits per heavy atom. The number of nitrogens with zero attached hydrogens (tertiary/aromatic N) is 2. The van der Waals surface area contributed by atoms with Crippen molar-refractivity contribution in [2.75, 3.05) is 18.9 Å². The summed E-state index contributed by atoms with van der Waals surface area (Å²) in [5.41, 5.74) is 1.34. The predicted molar refractivity (Wildman–Crippen MR) is 71.3 cm³/mol. The van der Waals surface area contributed by atoms with Crippen molar-refractivity contribution in [3.8, 4) is 0 Å². The number of aromatic nitrogens is 3. The molecule has 0 aromatic carbocycles. The quantitative estimate of drug-likeness (QED) is 0.710. The molecule has 0 unspecified atom stereocenters. The van der Waals surface area contributed by atoms with Gasteiger partial charge in [-0.05, 0) is 12.1 Å². The number of nitrogens with one attached hydrogen (secondary N) is 3. The maximum absolute atomic E-state index is 12.1. The summed E-state index contributed by atoms with van der Waals surface area (Å²) >= 11 is 0. The summed E-state index contributed by atoms with van der Waals surface area (Å²) < 4.78 is 26.7. The Labute approximate surface area is 111 Å². The van der Waals surface area contributed by atoms with Crippen molar-refractivity contribution in [2.45, 2.75) is 11.4 Å². The van der Waals surface area contributed by atoms with Gasteiger partial charge in [-0.2, -0.15) is 0 Å². The topological polar surface area (TPSA) is 99.8 Å². The zero-order valence-electron chi connectivity index (χ0n) is 10.4. The molecule has 0 aliphatic carbocycles. The monoisotopic (exact) mass is 281 g/mol. The van der Waals surface area contributed by atoms with Crippen molar-refractivity contribution in [3.63, 3.8) is 0 Å². The Bertz CT molecular complexity index is 624. The van der Waals surface area contributed by atoms with Gasteiger partial charge in [0.25, 0.3) is 10.0 Å². The average molecular weight is 281 g/mol. The third-order valence-corrected chi connectivity index (χ3v) is 3.95. The van der Waals surface area contributed by atoms with Crippen LogP contribution in [0.5, 0.6) is 0 Å². The van der Waals surface area contributed by atoms with Crippen LogP contribution in [0.15, 0.2) is 35.9 Å². The second-order valence-corrected chi connectivity index (χ2v) is 5.51. The lowest BCUT2D eigenvalue weighted by Crippen LogP contribution is -2.27. The van der Waals surface area contributed by atoms with E-state index in [1.165, 1.54) is 6.20 Å². The van der Waals surface area contributed by atoms with Gasteiger partial charge in [0.2, 0.25) is 0 Å². The normalized spacial score (nSPS) is 11.4. The molecular weight excluding hydrogens is 266 g/mol. The van der Waals surface area contributed by atoms with Crippen molar-refractivity contribution >= 4 is 15.7 Å². The Balaban J connectivity index is 2.05. The molecule has 0 aliphatic heterocycles. The highest BCUT2D eigenvalue weighted by Crippen LogP contribution is 2.16. The highest BCUT2D eigenvalue weighted by atomic mass is 32.2. The van der Waals surface area contributed by atoms with Gasteiger partial charge in [0.1, 0.15) is 0 Å². The third-order valence-electron chi connectivity index (χ3n) is 2.54. The molecule has 0 spiro atoms. The van der Waals surface area contributed by atoms with Crippen molar-refractivity contribution in [1.29, 1.82) is 0 Å². The van der Waals surface area contributed by atoms with E-state index in [1.54, 1.807) is 31.7 Å². The van der Waals surface area contributed by atoms with Gasteiger partial charge < -0.3 is 10.3 Å². The molecule has 0 amide bonds. The first kappa shape index (κ1) is 13.5. The number of aromatic amines is 1. The van der Waals surface area contributed by atoms with E-state index in [2.05, 4.69) is 25.0 Å². The van der Waals surface area contributed by atoms with Gasteiger partial charge in [0, 0.05) is 38.1 Å². The van der Waals surface area contributed by atoms with Crippen molar-refractivity contribution in [1.82, 2.24) is 19.7 Å². The third kappa shape index (κ3) is 3.30. The van der Waals surface area contributed by atoms with E-state index >= 15 is 0 Å². The first-order valence-electron chi connectivity index (χ1n) is 5.73. The maximum Gasteiger partial charge on any atom is 0.260 e. The summed E-state index contributed by atoms with van der Waals surface area (Å²) in [6, 6.07) is 3.34. The number of imidazole rings is 1. The van der Waals surface area contributed by atoms with E-state index in [4.69, 9.17) is 0 Å². The zero-order valence-corrected chi connectivity index (χ0v) is 11.2. The SMILES string of the molecule is CNc1cccnc1S(=O)(=O)NCCc1cnc[nH]1. The lowest BCUT2D eigenvalue weighted by atomic mass is 10.3. The molecule has 2 rings (SSSR count). The van der Waals surface area contributed by atoms with Crippen LogP contribution < -0.4 is 10.0 Å². The number of pyridine rings is 1. The van der Waals surface area contributed by atoms with Gasteiger partial charge in [-0.1, -0.05) is 0 Å². The Morgan fingerprint density at radius 1 is 1.42 bits per heavy atom. The minimum Gasteiger partial charge on any atom is -0.386 e. The number of sulfonamides is 1. The summed E-state index contributed by atoms with van der Waals surface area (Å²) in [7, 11) is -1.96. The fourth-order valence-electron chi connectivity index (χ4n) is 1.61. The van der Waals surface area contributed by atoms with E-state index in [0.717, 1.165) is 5.69 Å². The number of hydrogen-bond donors (Lipinski definition) is 3. The van der Waals surface area contributed by atoms with E-state index in [9.17, 15) is 8.42 Å². The number of hydrogen-bond acceptors (Lipinski definition) is 5. The molecule has 0 saturated carbocycles. The van der Waals surface area contributed by atoms with Crippen LogP contribution in [0.3, 0.4) is 0 Å². The summed E-state index contributed by atoms with van der Waals surface area (Å²) in [6.45, 7) is 0.282. The summed E-state index contributed by atoms with van der Waals surface area (Å²) in [6.07, 6.45) is 5.21. The van der Waals surface area contributed by atoms with Crippen LogP contribution in [0, 0.1) is 0 Å². The smallest absolute Gasteiger partial charge is 0.260 e. The molecule has 0 aliphatic rings. The molecular formula is C11H15N5O2S. The largest absolute Gasteiger partial charge is 0.386 e. The van der Waals surface area contributed by atoms with Gasteiger partial charge in [0.15, 0.2) is 5.03 Å². The molecule has 2 aromatic heterocycles. The zero-order chi connectivity index (χ0) is 13.7.